The van der Waals surface area contributed by atoms with Crippen LogP contribution in [0.4, 0.5) is 5.82 Å². The van der Waals surface area contributed by atoms with E-state index in [-0.39, 0.29) is 11.8 Å². The van der Waals surface area contributed by atoms with E-state index < -0.39 is 18.4 Å². The molecule has 2 aromatic heterocycles. The zero-order valence-electron chi connectivity index (χ0n) is 11.5. The van der Waals surface area contributed by atoms with E-state index in [0.717, 1.165) is 29.5 Å². The van der Waals surface area contributed by atoms with E-state index in [2.05, 4.69) is 20.6 Å². The minimum Gasteiger partial charge on any atom is -0.480 e. The Morgan fingerprint density at radius 2 is 2.09 bits per heavy atom. The molecule has 3 rings (SSSR count). The molecule has 0 aliphatic heterocycles. The Hall–Kier alpha value is -1.93. The van der Waals surface area contributed by atoms with E-state index >= 15 is 0 Å². The van der Waals surface area contributed by atoms with Gasteiger partial charge in [0.25, 0.3) is 0 Å². The van der Waals surface area contributed by atoms with Crippen LogP contribution < -0.4 is 10.6 Å². The van der Waals surface area contributed by atoms with Gasteiger partial charge in [-0.3, -0.25) is 9.59 Å². The molecule has 1 aliphatic carbocycles. The van der Waals surface area contributed by atoms with Gasteiger partial charge in [0.2, 0.25) is 11.2 Å². The number of nitrogens with one attached hydrogen (secondary N) is 2. The molecule has 3 N–H and O–H groups in total. The molecule has 0 saturated heterocycles. The van der Waals surface area contributed by atoms with Crippen molar-refractivity contribution in [2.75, 3.05) is 18.4 Å². The van der Waals surface area contributed by atoms with Crippen LogP contribution in [-0.4, -0.2) is 40.0 Å². The molecule has 0 aromatic carbocycles. The lowest BCUT2D eigenvalue weighted by Gasteiger charge is -2.08. The van der Waals surface area contributed by atoms with Gasteiger partial charge in [-0.15, -0.1) is 11.3 Å². The molecule has 7 nitrogen and oxygen atoms in total. The minimum absolute atomic E-state index is 0.0691. The molecule has 2 heterocycles. The lowest BCUT2D eigenvalue weighted by atomic mass is 10.2. The number of carboxylic acids is 1. The second-order valence-corrected chi connectivity index (χ2v) is 6.32. The summed E-state index contributed by atoms with van der Waals surface area (Å²) < 4.78 is 0. The fraction of sp³-hybridized carbons (Fsp3) is 0.385. The zero-order valence-corrected chi connectivity index (χ0v) is 13.1. The molecule has 1 aliphatic rings. The van der Waals surface area contributed by atoms with E-state index in [4.69, 9.17) is 16.7 Å². The van der Waals surface area contributed by atoms with Crippen LogP contribution in [0, 0.1) is 0 Å². The number of hydrogen-bond acceptors (Lipinski definition) is 6. The number of anilines is 1. The van der Waals surface area contributed by atoms with Crippen molar-refractivity contribution in [3.05, 3.63) is 15.7 Å². The smallest absolute Gasteiger partial charge is 0.322 e. The number of carbonyl (C=O) groups is 2. The summed E-state index contributed by atoms with van der Waals surface area (Å²) in [7, 11) is 0. The predicted molar refractivity (Wildman–Crippen MR) is 83.6 cm³/mol. The quantitative estimate of drug-likeness (QED) is 0.712. The molecule has 2 aromatic rings. The van der Waals surface area contributed by atoms with Gasteiger partial charge in [0.05, 0.1) is 11.9 Å². The summed E-state index contributed by atoms with van der Waals surface area (Å²) in [6.07, 6.45) is 3.12. The molecule has 0 saturated carbocycles. The number of thiophene rings is 1. The van der Waals surface area contributed by atoms with E-state index in [9.17, 15) is 9.59 Å². The fourth-order valence-electron chi connectivity index (χ4n) is 2.50. The summed E-state index contributed by atoms with van der Waals surface area (Å²) >= 11 is 7.54. The number of aliphatic carboxylic acids is 1. The normalized spacial score (nSPS) is 13.1. The molecule has 0 fully saturated rings. The molecule has 116 valence electrons. The first-order chi connectivity index (χ1) is 10.5. The van der Waals surface area contributed by atoms with Crippen molar-refractivity contribution in [2.24, 2.45) is 0 Å². The number of fused-ring (bicyclic) bond motifs is 3. The van der Waals surface area contributed by atoms with Gasteiger partial charge in [0.15, 0.2) is 0 Å². The number of aryl methyl sites for hydroxylation is 2. The summed E-state index contributed by atoms with van der Waals surface area (Å²) in [6.45, 7) is -0.478. The molecular weight excluding hydrogens is 328 g/mol. The highest BCUT2D eigenvalue weighted by atomic mass is 35.5. The van der Waals surface area contributed by atoms with Crippen molar-refractivity contribution in [3.63, 3.8) is 0 Å². The maximum Gasteiger partial charge on any atom is 0.322 e. The van der Waals surface area contributed by atoms with E-state index in [1.807, 2.05) is 0 Å². The summed E-state index contributed by atoms with van der Waals surface area (Å²) in [5.41, 5.74) is 1.23. The van der Waals surface area contributed by atoms with Crippen molar-refractivity contribution >= 4 is 50.8 Å². The highest BCUT2D eigenvalue weighted by Crippen LogP contribution is 2.39. The van der Waals surface area contributed by atoms with Gasteiger partial charge in [0.1, 0.15) is 17.2 Å². The number of amides is 1. The van der Waals surface area contributed by atoms with Gasteiger partial charge in [0, 0.05) is 4.88 Å². The summed E-state index contributed by atoms with van der Waals surface area (Å²) in [4.78, 5) is 32.5. The minimum atomic E-state index is -1.09. The van der Waals surface area contributed by atoms with Crippen LogP contribution in [0.25, 0.3) is 10.2 Å². The Balaban J connectivity index is 1.81. The highest BCUT2D eigenvalue weighted by Gasteiger charge is 2.22. The van der Waals surface area contributed by atoms with Crippen molar-refractivity contribution in [3.8, 4) is 0 Å². The topological polar surface area (TPSA) is 104 Å². The van der Waals surface area contributed by atoms with E-state index in [1.54, 1.807) is 11.3 Å². The maximum atomic E-state index is 11.6. The van der Waals surface area contributed by atoms with E-state index in [1.165, 1.54) is 10.4 Å². The SMILES string of the molecule is O=C(O)CNC(=O)CNc1nc(Cl)nc2sc3c(c12)CCC3. The average Bonchev–Trinajstić information content (AvgIpc) is 3.02. The largest absolute Gasteiger partial charge is 0.480 e. The third-order valence-corrected chi connectivity index (χ3v) is 4.75. The maximum absolute atomic E-state index is 11.6. The number of hydrogen-bond donors (Lipinski definition) is 3. The average molecular weight is 341 g/mol. The predicted octanol–water partition coefficient (Wildman–Crippen LogP) is 1.45. The Kier molecular flexibility index (Phi) is 4.12. The molecular formula is C13H13ClN4O3S. The first-order valence-corrected chi connectivity index (χ1v) is 7.94. The third-order valence-electron chi connectivity index (χ3n) is 3.39. The zero-order chi connectivity index (χ0) is 15.7. The van der Waals surface area contributed by atoms with Gasteiger partial charge in [-0.05, 0) is 36.4 Å². The van der Waals surface area contributed by atoms with Gasteiger partial charge < -0.3 is 15.7 Å². The van der Waals surface area contributed by atoms with Crippen LogP contribution in [0.1, 0.15) is 16.9 Å². The first-order valence-electron chi connectivity index (χ1n) is 6.74. The van der Waals surface area contributed by atoms with Crippen molar-refractivity contribution in [1.29, 1.82) is 0 Å². The monoisotopic (exact) mass is 340 g/mol. The first kappa shape index (κ1) is 15.0. The van der Waals surface area contributed by atoms with Crippen LogP contribution in [-0.2, 0) is 22.4 Å². The lowest BCUT2D eigenvalue weighted by molar-refractivity contribution is -0.137. The number of halogens is 1. The molecule has 0 unspecified atom stereocenters. The molecule has 0 radical (unpaired) electrons. The Labute approximate surface area is 134 Å². The molecule has 22 heavy (non-hydrogen) atoms. The number of carboxylic acid groups (broad SMARTS) is 1. The number of aromatic nitrogens is 2. The third kappa shape index (κ3) is 2.97. The van der Waals surface area contributed by atoms with Crippen molar-refractivity contribution < 1.29 is 14.7 Å². The van der Waals surface area contributed by atoms with Gasteiger partial charge >= 0.3 is 5.97 Å². The Bertz CT molecular complexity index is 761. The van der Waals surface area contributed by atoms with Crippen LogP contribution in [0.2, 0.25) is 5.28 Å². The van der Waals surface area contributed by atoms with Crippen LogP contribution >= 0.6 is 22.9 Å². The second kappa shape index (κ2) is 6.05. The van der Waals surface area contributed by atoms with E-state index in [0.29, 0.717) is 5.82 Å². The lowest BCUT2D eigenvalue weighted by Crippen LogP contribution is -2.34. The van der Waals surface area contributed by atoms with Gasteiger partial charge in [-0.1, -0.05) is 0 Å². The number of carbonyl (C=O) groups excluding carboxylic acids is 1. The summed E-state index contributed by atoms with van der Waals surface area (Å²) in [6, 6.07) is 0. The fourth-order valence-corrected chi connectivity index (χ4v) is 3.98. The van der Waals surface area contributed by atoms with Gasteiger partial charge in [-0.2, -0.15) is 0 Å². The standard InChI is InChI=1S/C13H13ClN4O3S/c14-13-17-11(16-4-8(19)15-5-9(20)21)10-6-2-1-3-7(6)22-12(10)18-13/h1-5H2,(H,15,19)(H,20,21)(H,16,17,18). The molecule has 0 bridgehead atoms. The number of rotatable bonds is 5. The Morgan fingerprint density at radius 1 is 1.27 bits per heavy atom. The molecule has 1 amide bonds. The van der Waals surface area contributed by atoms with Crippen LogP contribution in [0.3, 0.4) is 0 Å². The van der Waals surface area contributed by atoms with Crippen LogP contribution in [0.15, 0.2) is 0 Å². The molecule has 0 spiro atoms. The Morgan fingerprint density at radius 3 is 2.86 bits per heavy atom. The summed E-state index contributed by atoms with van der Waals surface area (Å²) in [5.74, 6) is -0.978. The van der Waals surface area contributed by atoms with Crippen molar-refractivity contribution in [2.45, 2.75) is 19.3 Å². The van der Waals surface area contributed by atoms with Crippen molar-refractivity contribution in [1.82, 2.24) is 15.3 Å². The molecule has 9 heteroatoms. The highest BCUT2D eigenvalue weighted by molar-refractivity contribution is 7.19. The van der Waals surface area contributed by atoms with Crippen LogP contribution in [0.5, 0.6) is 0 Å². The summed E-state index contributed by atoms with van der Waals surface area (Å²) in [5, 5.41) is 14.8. The molecule has 0 atom stereocenters. The second-order valence-electron chi connectivity index (χ2n) is 4.90. The van der Waals surface area contributed by atoms with Gasteiger partial charge in [-0.25, -0.2) is 9.97 Å². The number of nitrogens with zero attached hydrogens (tertiary/aromatic N) is 2.